The van der Waals surface area contributed by atoms with Crippen molar-refractivity contribution in [1.82, 2.24) is 24.4 Å². The van der Waals surface area contributed by atoms with Crippen molar-refractivity contribution < 1.29 is 37.3 Å². The van der Waals surface area contributed by atoms with Crippen molar-refractivity contribution in [3.8, 4) is 28.5 Å². The lowest BCUT2D eigenvalue weighted by atomic mass is 10.0. The molecule has 0 radical (unpaired) electrons. The summed E-state index contributed by atoms with van der Waals surface area (Å²) in [5.74, 6) is 1.19. The van der Waals surface area contributed by atoms with E-state index < -0.39 is 23.8 Å². The fourth-order valence-electron chi connectivity index (χ4n) is 5.33. The standard InChI is InChI=1S/C32H38F3N5O5/c1-19(2)39(15-14-38(4)26(18-41)24-16-23(44-6)12-13-27(24)45-7)31(42)25-17-36-40-29(32(33,34)35)20(3)28(37-30(25)40)21-8-10-22(43-5)11-9-21/h8-13,16-17,19,26,41H,14-15,18H2,1-7H3. The minimum absolute atomic E-state index is 0.0558. The molecule has 0 saturated carbocycles. The maximum atomic E-state index is 14.4. The number of amides is 1. The maximum Gasteiger partial charge on any atom is 0.433 e. The molecule has 1 atom stereocenters. The number of nitrogens with zero attached hydrogens (tertiary/aromatic N) is 5. The summed E-state index contributed by atoms with van der Waals surface area (Å²) in [5.41, 5.74) is -0.153. The number of alkyl halides is 3. The molecule has 1 N–H and O–H groups in total. The number of aliphatic hydroxyl groups is 1. The Hall–Kier alpha value is -4.36. The summed E-state index contributed by atoms with van der Waals surface area (Å²) in [6.07, 6.45) is -3.63. The molecule has 4 rings (SSSR count). The zero-order chi connectivity index (χ0) is 33.1. The van der Waals surface area contributed by atoms with Gasteiger partial charge < -0.3 is 24.2 Å². The van der Waals surface area contributed by atoms with E-state index in [1.54, 1.807) is 61.5 Å². The fourth-order valence-corrected chi connectivity index (χ4v) is 5.33. The molecule has 0 aliphatic heterocycles. The van der Waals surface area contributed by atoms with E-state index in [4.69, 9.17) is 14.2 Å². The van der Waals surface area contributed by atoms with Crippen LogP contribution >= 0.6 is 0 Å². The van der Waals surface area contributed by atoms with E-state index in [0.29, 0.717) is 39.4 Å². The summed E-state index contributed by atoms with van der Waals surface area (Å²) in [4.78, 5) is 22.0. The van der Waals surface area contributed by atoms with Gasteiger partial charge in [0.05, 0.1) is 45.9 Å². The highest BCUT2D eigenvalue weighted by Gasteiger charge is 2.39. The topological polar surface area (TPSA) is 102 Å². The zero-order valence-corrected chi connectivity index (χ0v) is 26.3. The largest absolute Gasteiger partial charge is 0.497 e. The minimum Gasteiger partial charge on any atom is -0.497 e. The molecule has 0 aliphatic rings. The lowest BCUT2D eigenvalue weighted by molar-refractivity contribution is -0.143. The van der Waals surface area contributed by atoms with Crippen LogP contribution in [0.3, 0.4) is 0 Å². The van der Waals surface area contributed by atoms with Gasteiger partial charge in [-0.3, -0.25) is 9.69 Å². The van der Waals surface area contributed by atoms with Gasteiger partial charge in [0.1, 0.15) is 22.8 Å². The molecule has 0 aliphatic carbocycles. The van der Waals surface area contributed by atoms with Crippen LogP contribution in [0.5, 0.6) is 17.2 Å². The molecular formula is C32H38F3N5O5. The molecule has 242 valence electrons. The van der Waals surface area contributed by atoms with Gasteiger partial charge in [-0.05, 0) is 70.3 Å². The second-order valence-electron chi connectivity index (χ2n) is 10.8. The zero-order valence-electron chi connectivity index (χ0n) is 26.3. The van der Waals surface area contributed by atoms with Crippen molar-refractivity contribution in [2.24, 2.45) is 0 Å². The number of carbonyl (C=O) groups is 1. The molecule has 2 heterocycles. The molecule has 0 saturated heterocycles. The minimum atomic E-state index is -4.76. The Bertz CT molecular complexity index is 1640. The Morgan fingerprint density at radius 2 is 1.64 bits per heavy atom. The number of hydrogen-bond acceptors (Lipinski definition) is 8. The second kappa shape index (κ2) is 13.7. The molecule has 0 spiro atoms. The first-order valence-corrected chi connectivity index (χ1v) is 14.3. The van der Waals surface area contributed by atoms with Crippen LogP contribution in [0.4, 0.5) is 13.2 Å². The Labute approximate surface area is 259 Å². The highest BCUT2D eigenvalue weighted by atomic mass is 19.4. The number of likely N-dealkylation sites (N-methyl/N-ethyl adjacent to an activating group) is 1. The van der Waals surface area contributed by atoms with Gasteiger partial charge >= 0.3 is 6.18 Å². The van der Waals surface area contributed by atoms with Crippen LogP contribution in [0, 0.1) is 6.92 Å². The van der Waals surface area contributed by atoms with E-state index in [1.165, 1.54) is 21.1 Å². The van der Waals surface area contributed by atoms with Crippen molar-refractivity contribution >= 4 is 11.6 Å². The first kappa shape index (κ1) is 33.5. The van der Waals surface area contributed by atoms with Gasteiger partial charge in [0, 0.05) is 35.8 Å². The number of fused-ring (bicyclic) bond motifs is 1. The summed E-state index contributed by atoms with van der Waals surface area (Å²) < 4.78 is 59.9. The Morgan fingerprint density at radius 3 is 2.20 bits per heavy atom. The summed E-state index contributed by atoms with van der Waals surface area (Å²) in [7, 11) is 6.38. The van der Waals surface area contributed by atoms with Gasteiger partial charge in [-0.25, -0.2) is 9.50 Å². The Balaban J connectivity index is 1.70. The van der Waals surface area contributed by atoms with Crippen molar-refractivity contribution in [2.75, 3.05) is 48.1 Å². The highest BCUT2D eigenvalue weighted by Crippen LogP contribution is 2.37. The quantitative estimate of drug-likeness (QED) is 0.226. The number of carbonyl (C=O) groups excluding carboxylic acids is 1. The fraction of sp³-hybridized carbons (Fsp3) is 0.406. The number of rotatable bonds is 12. The third-order valence-electron chi connectivity index (χ3n) is 7.82. The SMILES string of the molecule is COc1ccc(-c2nc3c(C(=O)N(CCN(C)C(CO)c4cc(OC)ccc4OC)C(C)C)cnn3c(C(F)(F)F)c2C)cc1. The average Bonchev–Trinajstić information content (AvgIpc) is 3.43. The van der Waals surface area contributed by atoms with E-state index in [9.17, 15) is 23.1 Å². The van der Waals surface area contributed by atoms with Gasteiger partial charge in [0.15, 0.2) is 11.3 Å². The van der Waals surface area contributed by atoms with Gasteiger partial charge in [0.25, 0.3) is 5.91 Å². The molecule has 10 nitrogen and oxygen atoms in total. The van der Waals surface area contributed by atoms with Crippen LogP contribution in [0.1, 0.15) is 47.1 Å². The van der Waals surface area contributed by atoms with Crippen molar-refractivity contribution in [3.05, 3.63) is 71.0 Å². The van der Waals surface area contributed by atoms with Crippen molar-refractivity contribution in [3.63, 3.8) is 0 Å². The summed E-state index contributed by atoms with van der Waals surface area (Å²) >= 11 is 0. The van der Waals surface area contributed by atoms with E-state index in [2.05, 4.69) is 10.1 Å². The monoisotopic (exact) mass is 629 g/mol. The molecule has 45 heavy (non-hydrogen) atoms. The average molecular weight is 630 g/mol. The Morgan fingerprint density at radius 1 is 1.00 bits per heavy atom. The summed E-state index contributed by atoms with van der Waals surface area (Å²) in [6.45, 7) is 5.27. The molecule has 13 heteroatoms. The number of methoxy groups -OCH3 is 3. The van der Waals surface area contributed by atoms with Crippen molar-refractivity contribution in [2.45, 2.75) is 39.0 Å². The molecule has 1 amide bonds. The molecule has 0 fully saturated rings. The molecule has 2 aromatic heterocycles. The summed E-state index contributed by atoms with van der Waals surface area (Å²) in [6, 6.07) is 11.0. The van der Waals surface area contributed by atoms with Crippen LogP contribution in [-0.2, 0) is 6.18 Å². The van der Waals surface area contributed by atoms with Crippen LogP contribution in [0.2, 0.25) is 0 Å². The van der Waals surface area contributed by atoms with Crippen LogP contribution in [0.15, 0.2) is 48.7 Å². The third kappa shape index (κ3) is 6.84. The van der Waals surface area contributed by atoms with Crippen LogP contribution in [0.25, 0.3) is 16.9 Å². The predicted molar refractivity (Wildman–Crippen MR) is 163 cm³/mol. The van der Waals surface area contributed by atoms with Gasteiger partial charge in [0.2, 0.25) is 0 Å². The van der Waals surface area contributed by atoms with E-state index >= 15 is 0 Å². The number of halogens is 3. The number of benzene rings is 2. The van der Waals surface area contributed by atoms with Crippen LogP contribution in [-0.4, -0.2) is 89.5 Å². The van der Waals surface area contributed by atoms with Gasteiger partial charge in [-0.2, -0.15) is 18.3 Å². The normalized spacial score (nSPS) is 12.6. The number of ether oxygens (including phenoxy) is 3. The molecule has 0 bridgehead atoms. The van der Waals surface area contributed by atoms with Crippen molar-refractivity contribution in [1.29, 1.82) is 0 Å². The number of hydrogen-bond donors (Lipinski definition) is 1. The first-order chi connectivity index (χ1) is 21.4. The lowest BCUT2D eigenvalue weighted by Crippen LogP contribution is -2.43. The summed E-state index contributed by atoms with van der Waals surface area (Å²) in [5, 5.41) is 14.3. The third-order valence-corrected chi connectivity index (χ3v) is 7.82. The molecule has 1 unspecified atom stereocenters. The maximum absolute atomic E-state index is 14.4. The van der Waals surface area contributed by atoms with Gasteiger partial charge in [-0.15, -0.1) is 0 Å². The van der Waals surface area contributed by atoms with Gasteiger partial charge in [-0.1, -0.05) is 0 Å². The number of aromatic nitrogens is 3. The van der Waals surface area contributed by atoms with E-state index in [-0.39, 0.29) is 41.7 Å². The predicted octanol–water partition coefficient (Wildman–Crippen LogP) is 5.27. The van der Waals surface area contributed by atoms with E-state index in [0.717, 1.165) is 6.20 Å². The number of aliphatic hydroxyl groups excluding tert-OH is 1. The second-order valence-corrected chi connectivity index (χ2v) is 10.8. The molecule has 4 aromatic rings. The molecule has 2 aromatic carbocycles. The highest BCUT2D eigenvalue weighted by molar-refractivity contribution is 6.00. The van der Waals surface area contributed by atoms with E-state index in [1.807, 2.05) is 18.7 Å². The Kier molecular flexibility index (Phi) is 10.2. The lowest BCUT2D eigenvalue weighted by Gasteiger charge is -2.32. The smallest absolute Gasteiger partial charge is 0.433 e. The van der Waals surface area contributed by atoms with Crippen LogP contribution < -0.4 is 14.2 Å². The molecular weight excluding hydrogens is 591 g/mol. The first-order valence-electron chi connectivity index (χ1n) is 14.3.